The lowest BCUT2D eigenvalue weighted by Gasteiger charge is -2.30. The number of carbonyl (C=O) groups is 1. The number of hydrogen-bond acceptors (Lipinski definition) is 6. The van der Waals surface area contributed by atoms with Gasteiger partial charge in [-0.05, 0) is 44.9 Å². The van der Waals surface area contributed by atoms with Crippen LogP contribution in [-0.2, 0) is 18.4 Å². The van der Waals surface area contributed by atoms with Crippen molar-refractivity contribution < 1.29 is 32.9 Å². The number of hydrogen-bond donors (Lipinski definition) is 2. The molecule has 0 aromatic rings. The molecule has 0 fully saturated rings. The molecule has 3 atom stereocenters. The zero-order valence-corrected chi connectivity index (χ0v) is 38.2. The molecule has 0 rings (SSSR count). The zero-order valence-electron chi connectivity index (χ0n) is 37.3. The van der Waals surface area contributed by atoms with Gasteiger partial charge in [0.1, 0.15) is 13.2 Å². The molecule has 0 aromatic carbocycles. The fraction of sp³-hybridized carbons (Fsp3) is 0.851. The molecule has 0 radical (unpaired) electrons. The summed E-state index contributed by atoms with van der Waals surface area (Å²) in [5.74, 6) is -0.182. The second-order valence-corrected chi connectivity index (χ2v) is 18.5. The van der Waals surface area contributed by atoms with E-state index in [0.717, 1.165) is 77.0 Å². The van der Waals surface area contributed by atoms with E-state index >= 15 is 0 Å². The molecular weight excluding hydrogens is 719 g/mol. The quantitative estimate of drug-likeness (QED) is 0.0275. The lowest BCUT2D eigenvalue weighted by Crippen LogP contribution is -2.46. The first kappa shape index (κ1) is 54.7. The summed E-state index contributed by atoms with van der Waals surface area (Å²) in [5.41, 5.74) is 0. The standard InChI is InChI=1S/C47H91N2O6P/c1-6-8-10-12-14-16-18-20-22-23-24-25-27-28-30-32-34-36-38-40-46(50)45(44-55-56(52,53)54-43-42-49(3,4)5)48-47(51)41-39-37-35-33-31-29-26-21-19-17-15-13-11-9-7-2/h9,11,15,17,21,26,45-46,50H,6-8,10,12-14,16,18-20,22-25,27-44H2,1-5H3,(H-,48,51,52,53)/b11-9-,17-15-,26-21-. The minimum Gasteiger partial charge on any atom is -0.756 e. The number of carbonyl (C=O) groups excluding carboxylic acids is 1. The molecule has 9 heteroatoms. The van der Waals surface area contributed by atoms with Crippen LogP contribution < -0.4 is 10.2 Å². The molecule has 3 unspecified atom stereocenters. The van der Waals surface area contributed by atoms with Gasteiger partial charge < -0.3 is 28.8 Å². The third kappa shape index (κ3) is 40.9. The maximum Gasteiger partial charge on any atom is 0.268 e. The van der Waals surface area contributed by atoms with Crippen LogP contribution in [0, 0.1) is 0 Å². The summed E-state index contributed by atoms with van der Waals surface area (Å²) in [6.07, 6.45) is 47.2. The number of allylic oxidation sites excluding steroid dienone is 6. The SMILES string of the molecule is CC/C=C\C/C=C\C/C=C\CCCCCCCC(=O)NC(COP(=O)([O-])OCC[N+](C)(C)C)C(O)CCCCCCCCCCCCCCCCCCCCC. The summed E-state index contributed by atoms with van der Waals surface area (Å²) in [4.78, 5) is 25.3. The lowest BCUT2D eigenvalue weighted by molar-refractivity contribution is -0.870. The highest BCUT2D eigenvalue weighted by Crippen LogP contribution is 2.38. The third-order valence-corrected chi connectivity index (χ3v) is 11.4. The van der Waals surface area contributed by atoms with Gasteiger partial charge in [0, 0.05) is 6.42 Å². The van der Waals surface area contributed by atoms with Gasteiger partial charge in [-0.15, -0.1) is 0 Å². The molecule has 0 aromatic heterocycles. The van der Waals surface area contributed by atoms with E-state index in [1.54, 1.807) is 0 Å². The Labute approximate surface area is 347 Å². The van der Waals surface area contributed by atoms with E-state index in [4.69, 9.17) is 9.05 Å². The maximum atomic E-state index is 12.9. The summed E-state index contributed by atoms with van der Waals surface area (Å²) >= 11 is 0. The topological polar surface area (TPSA) is 108 Å². The predicted octanol–water partition coefficient (Wildman–Crippen LogP) is 12.5. The first-order chi connectivity index (χ1) is 27.0. The average molecular weight is 811 g/mol. The largest absolute Gasteiger partial charge is 0.756 e. The van der Waals surface area contributed by atoms with E-state index in [-0.39, 0.29) is 19.1 Å². The van der Waals surface area contributed by atoms with Gasteiger partial charge in [-0.25, -0.2) is 0 Å². The number of rotatable bonds is 42. The van der Waals surface area contributed by atoms with Crippen LogP contribution in [-0.4, -0.2) is 68.5 Å². The van der Waals surface area contributed by atoms with Crippen molar-refractivity contribution in [2.75, 3.05) is 40.9 Å². The van der Waals surface area contributed by atoms with Gasteiger partial charge >= 0.3 is 0 Å². The van der Waals surface area contributed by atoms with Crippen molar-refractivity contribution in [1.82, 2.24) is 5.32 Å². The second kappa shape index (κ2) is 39.2. The molecule has 0 bridgehead atoms. The van der Waals surface area contributed by atoms with Crippen LogP contribution >= 0.6 is 7.82 Å². The first-order valence-electron chi connectivity index (χ1n) is 23.3. The van der Waals surface area contributed by atoms with Crippen molar-refractivity contribution in [2.45, 2.75) is 219 Å². The Morgan fingerprint density at radius 1 is 0.643 bits per heavy atom. The van der Waals surface area contributed by atoms with Crippen molar-refractivity contribution in [3.8, 4) is 0 Å². The Morgan fingerprint density at radius 2 is 1.09 bits per heavy atom. The number of nitrogens with one attached hydrogen (secondary N) is 1. The van der Waals surface area contributed by atoms with Gasteiger partial charge in [0.2, 0.25) is 5.91 Å². The number of aliphatic hydroxyl groups excluding tert-OH is 1. The summed E-state index contributed by atoms with van der Waals surface area (Å²) < 4.78 is 23.3. The first-order valence-corrected chi connectivity index (χ1v) is 24.8. The average Bonchev–Trinajstić information content (AvgIpc) is 3.15. The highest BCUT2D eigenvalue weighted by molar-refractivity contribution is 7.45. The Kier molecular flexibility index (Phi) is 38.3. The molecule has 0 aliphatic rings. The highest BCUT2D eigenvalue weighted by Gasteiger charge is 2.24. The van der Waals surface area contributed by atoms with Crippen molar-refractivity contribution in [2.24, 2.45) is 0 Å². The van der Waals surface area contributed by atoms with Crippen LogP contribution in [0.5, 0.6) is 0 Å². The lowest BCUT2D eigenvalue weighted by atomic mass is 10.0. The minimum absolute atomic E-state index is 0.00798. The van der Waals surface area contributed by atoms with E-state index in [9.17, 15) is 19.4 Å². The molecule has 0 aliphatic heterocycles. The van der Waals surface area contributed by atoms with Crippen molar-refractivity contribution >= 4 is 13.7 Å². The van der Waals surface area contributed by atoms with Crippen molar-refractivity contribution in [3.05, 3.63) is 36.5 Å². The molecule has 0 heterocycles. The Bertz CT molecular complexity index is 1010. The fourth-order valence-corrected chi connectivity index (χ4v) is 7.42. The number of aliphatic hydroxyl groups is 1. The van der Waals surface area contributed by atoms with Crippen LogP contribution in [0.3, 0.4) is 0 Å². The zero-order chi connectivity index (χ0) is 41.4. The summed E-state index contributed by atoms with van der Waals surface area (Å²) in [6.45, 7) is 4.60. The number of phosphoric acid groups is 1. The van der Waals surface area contributed by atoms with Crippen molar-refractivity contribution in [1.29, 1.82) is 0 Å². The smallest absolute Gasteiger partial charge is 0.268 e. The number of nitrogens with zero attached hydrogens (tertiary/aromatic N) is 1. The second-order valence-electron chi connectivity index (χ2n) is 17.1. The molecule has 0 saturated carbocycles. The molecule has 330 valence electrons. The van der Waals surface area contributed by atoms with E-state index in [0.29, 0.717) is 23.9 Å². The number of quaternary nitrogens is 1. The summed E-state index contributed by atoms with van der Waals surface area (Å²) in [6, 6.07) is -0.809. The van der Waals surface area contributed by atoms with Crippen LogP contribution in [0.4, 0.5) is 0 Å². The van der Waals surface area contributed by atoms with Crippen molar-refractivity contribution in [3.63, 3.8) is 0 Å². The highest BCUT2D eigenvalue weighted by atomic mass is 31.2. The molecule has 1 amide bonds. The van der Waals surface area contributed by atoms with E-state index in [2.05, 4.69) is 55.6 Å². The molecular formula is C47H91N2O6P. The number of unbranched alkanes of at least 4 members (excludes halogenated alkanes) is 23. The van der Waals surface area contributed by atoms with Crippen LogP contribution in [0.25, 0.3) is 0 Å². The van der Waals surface area contributed by atoms with Gasteiger partial charge in [0.05, 0.1) is 39.9 Å². The summed E-state index contributed by atoms with van der Waals surface area (Å²) in [7, 11) is 1.29. The Morgan fingerprint density at radius 3 is 1.59 bits per heavy atom. The van der Waals surface area contributed by atoms with Crippen LogP contribution in [0.15, 0.2) is 36.5 Å². The van der Waals surface area contributed by atoms with Gasteiger partial charge in [0.15, 0.2) is 0 Å². The maximum absolute atomic E-state index is 12.9. The van der Waals surface area contributed by atoms with E-state index in [1.807, 2.05) is 21.1 Å². The number of likely N-dealkylation sites (N-methyl/N-ethyl adjacent to an activating group) is 1. The Hall–Kier alpha value is -1.28. The Balaban J connectivity index is 4.34. The minimum atomic E-state index is -4.57. The monoisotopic (exact) mass is 811 g/mol. The summed E-state index contributed by atoms with van der Waals surface area (Å²) in [5, 5.41) is 13.9. The molecule has 0 aliphatic carbocycles. The van der Waals surface area contributed by atoms with Crippen LogP contribution in [0.2, 0.25) is 0 Å². The predicted molar refractivity (Wildman–Crippen MR) is 238 cm³/mol. The van der Waals surface area contributed by atoms with Gasteiger partial charge in [-0.2, -0.15) is 0 Å². The molecule has 56 heavy (non-hydrogen) atoms. The normalized spacial score (nSPS) is 14.6. The van der Waals surface area contributed by atoms with E-state index in [1.165, 1.54) is 103 Å². The van der Waals surface area contributed by atoms with Gasteiger partial charge in [0.25, 0.3) is 7.82 Å². The van der Waals surface area contributed by atoms with Crippen LogP contribution in [0.1, 0.15) is 206 Å². The number of amides is 1. The third-order valence-electron chi connectivity index (χ3n) is 10.4. The van der Waals surface area contributed by atoms with E-state index < -0.39 is 20.0 Å². The molecule has 2 N–H and O–H groups in total. The van der Waals surface area contributed by atoms with Gasteiger partial charge in [-0.3, -0.25) is 9.36 Å². The molecule has 0 saturated heterocycles. The number of phosphoric ester groups is 1. The fourth-order valence-electron chi connectivity index (χ4n) is 6.70. The molecule has 8 nitrogen and oxygen atoms in total. The molecule has 0 spiro atoms. The van der Waals surface area contributed by atoms with Gasteiger partial charge in [-0.1, -0.05) is 192 Å².